The lowest BCUT2D eigenvalue weighted by Gasteiger charge is -2.06. The van der Waals surface area contributed by atoms with Crippen LogP contribution in [0.2, 0.25) is 0 Å². The maximum atomic E-state index is 12.6. The van der Waals surface area contributed by atoms with Crippen molar-refractivity contribution in [2.45, 2.75) is 20.8 Å². The van der Waals surface area contributed by atoms with Gasteiger partial charge in [-0.3, -0.25) is 4.79 Å². The van der Waals surface area contributed by atoms with Crippen LogP contribution in [-0.4, -0.2) is 31.2 Å². The van der Waals surface area contributed by atoms with Gasteiger partial charge in [-0.2, -0.15) is 0 Å². The Balaban J connectivity index is 1.78. The number of aromatic nitrogens is 1. The molecule has 1 N–H and O–H groups in total. The third-order valence-corrected chi connectivity index (χ3v) is 4.22. The number of methoxy groups -OCH3 is 1. The van der Waals surface area contributed by atoms with Gasteiger partial charge < -0.3 is 19.2 Å². The Bertz CT molecular complexity index is 929. The zero-order valence-corrected chi connectivity index (χ0v) is 15.4. The van der Waals surface area contributed by atoms with E-state index in [1.165, 1.54) is 0 Å². The third kappa shape index (κ3) is 3.55. The molecule has 136 valence electrons. The standard InChI is InChI=1S/C20H22N2O4/c1-12-5-6-13(2)18-17(12)14(3)19(26-18)20(23)22-15-7-8-16(21-11-15)25-10-9-24-4/h5-8,11H,9-10H2,1-4H3,(H,22,23). The van der Waals surface area contributed by atoms with Crippen LogP contribution in [0.4, 0.5) is 5.69 Å². The van der Waals surface area contributed by atoms with E-state index in [0.29, 0.717) is 30.5 Å². The molecule has 2 aromatic heterocycles. The lowest BCUT2D eigenvalue weighted by Crippen LogP contribution is -2.12. The second-order valence-electron chi connectivity index (χ2n) is 6.14. The van der Waals surface area contributed by atoms with Crippen molar-refractivity contribution in [1.29, 1.82) is 0 Å². The maximum absolute atomic E-state index is 12.6. The normalized spacial score (nSPS) is 10.9. The molecule has 0 saturated heterocycles. The van der Waals surface area contributed by atoms with Crippen molar-refractivity contribution in [3.8, 4) is 5.88 Å². The molecule has 6 nitrogen and oxygen atoms in total. The molecule has 0 spiro atoms. The first-order valence-electron chi connectivity index (χ1n) is 8.39. The molecule has 0 aliphatic heterocycles. The van der Waals surface area contributed by atoms with Gasteiger partial charge in [-0.15, -0.1) is 0 Å². The molecule has 0 atom stereocenters. The monoisotopic (exact) mass is 354 g/mol. The van der Waals surface area contributed by atoms with Crippen LogP contribution in [0.5, 0.6) is 5.88 Å². The predicted molar refractivity (Wildman–Crippen MR) is 100.0 cm³/mol. The summed E-state index contributed by atoms with van der Waals surface area (Å²) in [4.78, 5) is 16.8. The summed E-state index contributed by atoms with van der Waals surface area (Å²) < 4.78 is 16.2. The second kappa shape index (κ2) is 7.58. The number of carbonyl (C=O) groups excluding carboxylic acids is 1. The zero-order valence-electron chi connectivity index (χ0n) is 15.4. The molecule has 0 aliphatic rings. The first-order valence-corrected chi connectivity index (χ1v) is 8.39. The van der Waals surface area contributed by atoms with Crippen LogP contribution in [0.3, 0.4) is 0 Å². The molecule has 0 bridgehead atoms. The Morgan fingerprint density at radius 2 is 1.88 bits per heavy atom. The van der Waals surface area contributed by atoms with Crippen molar-refractivity contribution in [2.75, 3.05) is 25.6 Å². The Kier molecular flexibility index (Phi) is 5.23. The van der Waals surface area contributed by atoms with Crippen molar-refractivity contribution < 1.29 is 18.7 Å². The highest BCUT2D eigenvalue weighted by Crippen LogP contribution is 2.31. The highest BCUT2D eigenvalue weighted by atomic mass is 16.5. The number of ether oxygens (including phenoxy) is 2. The number of hydrogen-bond donors (Lipinski definition) is 1. The lowest BCUT2D eigenvalue weighted by molar-refractivity contribution is 0.0998. The van der Waals surface area contributed by atoms with Crippen LogP contribution < -0.4 is 10.1 Å². The molecule has 0 unspecified atom stereocenters. The number of carbonyl (C=O) groups is 1. The van der Waals surface area contributed by atoms with Gasteiger partial charge in [0.25, 0.3) is 5.91 Å². The van der Waals surface area contributed by atoms with Crippen molar-refractivity contribution in [1.82, 2.24) is 4.98 Å². The van der Waals surface area contributed by atoms with E-state index in [0.717, 1.165) is 27.7 Å². The van der Waals surface area contributed by atoms with Gasteiger partial charge >= 0.3 is 0 Å². The topological polar surface area (TPSA) is 73.6 Å². The number of fused-ring (bicyclic) bond motifs is 1. The average Bonchev–Trinajstić information content (AvgIpc) is 2.99. The molecule has 1 amide bonds. The molecule has 0 aliphatic carbocycles. The minimum atomic E-state index is -0.299. The molecule has 0 radical (unpaired) electrons. The maximum Gasteiger partial charge on any atom is 0.291 e. The van der Waals surface area contributed by atoms with E-state index < -0.39 is 0 Å². The van der Waals surface area contributed by atoms with Crippen LogP contribution >= 0.6 is 0 Å². The fraction of sp³-hybridized carbons (Fsp3) is 0.300. The third-order valence-electron chi connectivity index (χ3n) is 4.22. The van der Waals surface area contributed by atoms with Gasteiger partial charge in [-0.05, 0) is 38.0 Å². The van der Waals surface area contributed by atoms with Crippen LogP contribution in [0.1, 0.15) is 27.2 Å². The van der Waals surface area contributed by atoms with Crippen LogP contribution in [0.15, 0.2) is 34.9 Å². The Hall–Kier alpha value is -2.86. The van der Waals surface area contributed by atoms with E-state index in [4.69, 9.17) is 13.9 Å². The number of hydrogen-bond acceptors (Lipinski definition) is 5. The minimum Gasteiger partial charge on any atom is -0.475 e. The Labute approximate surface area is 152 Å². The number of aryl methyl sites for hydroxylation is 3. The number of furan rings is 1. The van der Waals surface area contributed by atoms with Crippen LogP contribution in [0, 0.1) is 20.8 Å². The van der Waals surface area contributed by atoms with E-state index >= 15 is 0 Å². The number of benzene rings is 1. The quantitative estimate of drug-likeness (QED) is 0.677. The van der Waals surface area contributed by atoms with Crippen molar-refractivity contribution >= 4 is 22.6 Å². The summed E-state index contributed by atoms with van der Waals surface area (Å²) in [5.74, 6) is 0.497. The summed E-state index contributed by atoms with van der Waals surface area (Å²) in [6.45, 7) is 6.80. The van der Waals surface area contributed by atoms with Gasteiger partial charge in [0.05, 0.1) is 18.5 Å². The summed E-state index contributed by atoms with van der Waals surface area (Å²) in [5.41, 5.74) is 4.26. The van der Waals surface area contributed by atoms with E-state index in [-0.39, 0.29) is 5.91 Å². The van der Waals surface area contributed by atoms with Gasteiger partial charge in [0.15, 0.2) is 5.76 Å². The molecular formula is C20H22N2O4. The fourth-order valence-electron chi connectivity index (χ4n) is 2.85. The lowest BCUT2D eigenvalue weighted by atomic mass is 10.0. The van der Waals surface area contributed by atoms with Crippen molar-refractivity contribution in [3.63, 3.8) is 0 Å². The molecule has 6 heteroatoms. The largest absolute Gasteiger partial charge is 0.475 e. The highest BCUT2D eigenvalue weighted by molar-refractivity contribution is 6.07. The molecule has 3 aromatic rings. The fourth-order valence-corrected chi connectivity index (χ4v) is 2.85. The first-order chi connectivity index (χ1) is 12.5. The average molecular weight is 354 g/mol. The number of pyridine rings is 1. The van der Waals surface area contributed by atoms with E-state index in [1.54, 1.807) is 25.4 Å². The minimum absolute atomic E-state index is 0.299. The molecule has 26 heavy (non-hydrogen) atoms. The predicted octanol–water partition coefficient (Wildman–Crippen LogP) is 4.03. The van der Waals surface area contributed by atoms with Crippen molar-refractivity contribution in [3.05, 3.63) is 52.9 Å². The first kappa shape index (κ1) is 17.9. The summed E-state index contributed by atoms with van der Waals surface area (Å²) in [6, 6.07) is 7.47. The van der Waals surface area contributed by atoms with Gasteiger partial charge in [-0.25, -0.2) is 4.98 Å². The molecule has 0 saturated carbocycles. The molecule has 0 fully saturated rings. The highest BCUT2D eigenvalue weighted by Gasteiger charge is 2.20. The molecule has 1 aromatic carbocycles. The number of amides is 1. The smallest absolute Gasteiger partial charge is 0.291 e. The van der Waals surface area contributed by atoms with E-state index in [9.17, 15) is 4.79 Å². The summed E-state index contributed by atoms with van der Waals surface area (Å²) >= 11 is 0. The molecule has 2 heterocycles. The van der Waals surface area contributed by atoms with Gasteiger partial charge in [0.1, 0.15) is 12.2 Å². The van der Waals surface area contributed by atoms with Gasteiger partial charge in [0, 0.05) is 24.1 Å². The van der Waals surface area contributed by atoms with Gasteiger partial charge in [0.2, 0.25) is 5.88 Å². The number of anilines is 1. The molecular weight excluding hydrogens is 332 g/mol. The number of nitrogens with one attached hydrogen (secondary N) is 1. The summed E-state index contributed by atoms with van der Waals surface area (Å²) in [6.07, 6.45) is 1.55. The summed E-state index contributed by atoms with van der Waals surface area (Å²) in [7, 11) is 1.61. The van der Waals surface area contributed by atoms with E-state index in [1.807, 2.05) is 32.9 Å². The molecule has 3 rings (SSSR count). The number of nitrogens with zero attached hydrogens (tertiary/aromatic N) is 1. The second-order valence-corrected chi connectivity index (χ2v) is 6.14. The number of rotatable bonds is 6. The Morgan fingerprint density at radius 3 is 2.54 bits per heavy atom. The zero-order chi connectivity index (χ0) is 18.7. The Morgan fingerprint density at radius 1 is 1.12 bits per heavy atom. The van der Waals surface area contributed by atoms with Crippen molar-refractivity contribution in [2.24, 2.45) is 0 Å². The van der Waals surface area contributed by atoms with Crippen LogP contribution in [0.25, 0.3) is 11.0 Å². The van der Waals surface area contributed by atoms with Crippen LogP contribution in [-0.2, 0) is 4.74 Å². The van der Waals surface area contributed by atoms with Gasteiger partial charge in [-0.1, -0.05) is 12.1 Å². The van der Waals surface area contributed by atoms with E-state index in [2.05, 4.69) is 10.3 Å². The SMILES string of the molecule is COCCOc1ccc(NC(=O)c2oc3c(C)ccc(C)c3c2C)cn1. The summed E-state index contributed by atoms with van der Waals surface area (Å²) in [5, 5.41) is 3.81.